The Hall–Kier alpha value is -1.75. The van der Waals surface area contributed by atoms with Gasteiger partial charge in [0.1, 0.15) is 13.0 Å². The van der Waals surface area contributed by atoms with E-state index in [2.05, 4.69) is 16.1 Å². The minimum atomic E-state index is -4.40. The number of fused-ring (bicyclic) bond motifs is 1. The summed E-state index contributed by atoms with van der Waals surface area (Å²) in [5.41, 5.74) is 2.91. The number of nitrogens with zero attached hydrogens (tertiary/aromatic N) is 2. The molecule has 0 aromatic heterocycles. The highest BCUT2D eigenvalue weighted by atomic mass is 19.4. The van der Waals surface area contributed by atoms with E-state index in [9.17, 15) is 22.4 Å². The predicted octanol–water partition coefficient (Wildman–Crippen LogP) is 1.43. The van der Waals surface area contributed by atoms with Gasteiger partial charge in [0.25, 0.3) is 0 Å². The molecule has 2 fully saturated rings. The number of nitrogens with one attached hydrogen (secondary N) is 3. The minimum absolute atomic E-state index is 0.269. The van der Waals surface area contributed by atoms with Crippen LogP contribution in [0.25, 0.3) is 0 Å². The molecule has 0 spiro atoms. The van der Waals surface area contributed by atoms with Gasteiger partial charge in [0, 0.05) is 6.04 Å². The number of alkyl halides is 4. The molecule has 2 aliphatic rings. The number of rotatable bonds is 4. The van der Waals surface area contributed by atoms with Gasteiger partial charge in [-0.2, -0.15) is 13.2 Å². The van der Waals surface area contributed by atoms with E-state index in [4.69, 9.17) is 0 Å². The van der Waals surface area contributed by atoms with Crippen LogP contribution < -0.4 is 16.1 Å². The van der Waals surface area contributed by atoms with Crippen LogP contribution in [0.1, 0.15) is 24.1 Å². The van der Waals surface area contributed by atoms with Gasteiger partial charge in [-0.05, 0) is 38.7 Å². The molecule has 10 heteroatoms. The molecule has 2 heterocycles. The van der Waals surface area contributed by atoms with Crippen LogP contribution in [0, 0.1) is 5.92 Å². The van der Waals surface area contributed by atoms with Gasteiger partial charge in [-0.25, -0.2) is 14.8 Å². The van der Waals surface area contributed by atoms with Gasteiger partial charge in [-0.1, -0.05) is 12.1 Å². The lowest BCUT2D eigenvalue weighted by Gasteiger charge is -2.41. The Balaban J connectivity index is 1.85. The van der Waals surface area contributed by atoms with Gasteiger partial charge >= 0.3 is 6.18 Å². The first-order valence-electron chi connectivity index (χ1n) is 8.64. The number of hydrogen-bond acceptors (Lipinski definition) is 5. The Morgan fingerprint density at radius 1 is 1.22 bits per heavy atom. The second kappa shape index (κ2) is 7.34. The number of hydrazine groups is 1. The van der Waals surface area contributed by atoms with Crippen LogP contribution in [0.3, 0.4) is 0 Å². The number of benzene rings is 1. The van der Waals surface area contributed by atoms with Crippen molar-refractivity contribution in [1.29, 1.82) is 0 Å². The average Bonchev–Trinajstić information content (AvgIpc) is 2.99. The monoisotopic (exact) mass is 389 g/mol. The lowest BCUT2D eigenvalue weighted by Crippen LogP contribution is -2.68. The Labute approximate surface area is 154 Å². The lowest BCUT2D eigenvalue weighted by molar-refractivity contribution is -0.137. The summed E-state index contributed by atoms with van der Waals surface area (Å²) in [6.45, 7) is 1.06. The summed E-state index contributed by atoms with van der Waals surface area (Å²) in [6, 6.07) is 3.77. The van der Waals surface area contributed by atoms with Crippen molar-refractivity contribution in [3.8, 4) is 0 Å². The fraction of sp³-hybridized carbons (Fsp3) is 0.588. The highest BCUT2D eigenvalue weighted by Crippen LogP contribution is 2.34. The molecule has 3 N–H and O–H groups in total. The number of halogens is 4. The van der Waals surface area contributed by atoms with Crippen molar-refractivity contribution in [3.05, 3.63) is 35.4 Å². The van der Waals surface area contributed by atoms with Gasteiger partial charge in [0.2, 0.25) is 5.91 Å². The third kappa shape index (κ3) is 3.79. The lowest BCUT2D eigenvalue weighted by atomic mass is 9.96. The summed E-state index contributed by atoms with van der Waals surface area (Å²) in [6.07, 6.45) is -5.33. The molecule has 1 aromatic rings. The molecule has 3 rings (SSSR count). The van der Waals surface area contributed by atoms with Crippen molar-refractivity contribution in [2.45, 2.75) is 37.6 Å². The Morgan fingerprint density at radius 2 is 1.85 bits per heavy atom. The van der Waals surface area contributed by atoms with Gasteiger partial charge in [-0.15, -0.1) is 0 Å². The molecule has 1 aromatic carbocycles. The van der Waals surface area contributed by atoms with Crippen molar-refractivity contribution in [2.75, 3.05) is 20.8 Å². The SMILES string of the molecule is C[C@@H](c1ccc(C(F)(F)F)cc1)N1NC(CF)C2C(=O)NC(N(C)C)NC21. The first-order chi connectivity index (χ1) is 12.6. The summed E-state index contributed by atoms with van der Waals surface area (Å²) in [4.78, 5) is 14.3. The van der Waals surface area contributed by atoms with E-state index in [0.717, 1.165) is 12.1 Å². The van der Waals surface area contributed by atoms with E-state index in [1.165, 1.54) is 12.1 Å². The molecular formula is C17H23F4N5O. The molecule has 4 unspecified atom stereocenters. The first kappa shape index (κ1) is 20.0. The summed E-state index contributed by atoms with van der Waals surface area (Å²) >= 11 is 0. The molecule has 150 valence electrons. The number of carbonyl (C=O) groups excluding carboxylic acids is 1. The van der Waals surface area contributed by atoms with Crippen LogP contribution in [0.2, 0.25) is 0 Å². The Bertz CT molecular complexity index is 681. The molecule has 2 saturated heterocycles. The molecule has 0 bridgehead atoms. The smallest absolute Gasteiger partial charge is 0.327 e. The van der Waals surface area contributed by atoms with E-state index < -0.39 is 42.8 Å². The van der Waals surface area contributed by atoms with Crippen LogP contribution in [0.15, 0.2) is 24.3 Å². The molecule has 6 nitrogen and oxygen atoms in total. The van der Waals surface area contributed by atoms with Gasteiger partial charge in [-0.3, -0.25) is 15.0 Å². The standard InChI is InChI=1S/C17H23F4N5O/c1-9(10-4-6-11(7-5-10)17(19,20)21)26-14-13(12(8-18)24-26)15(27)23-16(22-14)25(2)3/h4-7,9,12-14,16,22,24H,8H2,1-3H3,(H,23,27)/t9-,12?,13?,14?,16?/m0/s1. The highest BCUT2D eigenvalue weighted by molar-refractivity contribution is 5.81. The van der Waals surface area contributed by atoms with Crippen molar-refractivity contribution in [2.24, 2.45) is 5.92 Å². The van der Waals surface area contributed by atoms with E-state index >= 15 is 0 Å². The van der Waals surface area contributed by atoms with E-state index in [-0.39, 0.29) is 11.9 Å². The van der Waals surface area contributed by atoms with Crippen molar-refractivity contribution in [1.82, 2.24) is 26.0 Å². The third-order valence-corrected chi connectivity index (χ3v) is 5.12. The Kier molecular flexibility index (Phi) is 5.44. The van der Waals surface area contributed by atoms with Crippen molar-refractivity contribution < 1.29 is 22.4 Å². The molecule has 27 heavy (non-hydrogen) atoms. The van der Waals surface area contributed by atoms with Crippen molar-refractivity contribution in [3.63, 3.8) is 0 Å². The Morgan fingerprint density at radius 3 is 2.37 bits per heavy atom. The third-order valence-electron chi connectivity index (χ3n) is 5.12. The average molecular weight is 389 g/mol. The maximum Gasteiger partial charge on any atom is 0.416 e. The van der Waals surface area contributed by atoms with Crippen LogP contribution in [-0.4, -0.2) is 55.1 Å². The second-order valence-corrected chi connectivity index (χ2v) is 7.10. The van der Waals surface area contributed by atoms with Crippen LogP contribution >= 0.6 is 0 Å². The predicted molar refractivity (Wildman–Crippen MR) is 90.6 cm³/mol. The maximum atomic E-state index is 13.5. The summed E-state index contributed by atoms with van der Waals surface area (Å²) in [7, 11) is 3.58. The first-order valence-corrected chi connectivity index (χ1v) is 8.64. The normalized spacial score (nSPS) is 30.3. The zero-order valence-electron chi connectivity index (χ0n) is 15.2. The summed E-state index contributed by atoms with van der Waals surface area (Å²) < 4.78 is 51.8. The van der Waals surface area contributed by atoms with Gasteiger partial charge in [0.15, 0.2) is 0 Å². The highest BCUT2D eigenvalue weighted by Gasteiger charge is 2.51. The van der Waals surface area contributed by atoms with Crippen molar-refractivity contribution >= 4 is 5.91 Å². The maximum absolute atomic E-state index is 13.5. The summed E-state index contributed by atoms with van der Waals surface area (Å²) in [5.74, 6) is -0.919. The van der Waals surface area contributed by atoms with E-state index in [1.54, 1.807) is 30.9 Å². The van der Waals surface area contributed by atoms with E-state index in [1.807, 2.05) is 0 Å². The fourth-order valence-corrected chi connectivity index (χ4v) is 3.56. The molecule has 5 atom stereocenters. The van der Waals surface area contributed by atoms with Gasteiger partial charge < -0.3 is 5.32 Å². The molecule has 0 radical (unpaired) electrons. The second-order valence-electron chi connectivity index (χ2n) is 7.10. The number of carbonyl (C=O) groups is 1. The van der Waals surface area contributed by atoms with Gasteiger partial charge in [0.05, 0.1) is 23.7 Å². The molecule has 1 amide bonds. The topological polar surface area (TPSA) is 59.6 Å². The molecular weight excluding hydrogens is 366 g/mol. The van der Waals surface area contributed by atoms with Crippen LogP contribution in [-0.2, 0) is 11.0 Å². The fourth-order valence-electron chi connectivity index (χ4n) is 3.56. The molecule has 0 saturated carbocycles. The molecule has 2 aliphatic heterocycles. The largest absolute Gasteiger partial charge is 0.416 e. The number of hydrogen-bond donors (Lipinski definition) is 3. The zero-order valence-corrected chi connectivity index (χ0v) is 15.2. The zero-order chi connectivity index (χ0) is 19.9. The van der Waals surface area contributed by atoms with Crippen LogP contribution in [0.5, 0.6) is 0 Å². The minimum Gasteiger partial charge on any atom is -0.327 e. The molecule has 0 aliphatic carbocycles. The number of amides is 1. The quantitative estimate of drug-likeness (QED) is 0.681. The van der Waals surface area contributed by atoms with E-state index in [0.29, 0.717) is 5.56 Å². The summed E-state index contributed by atoms with van der Waals surface area (Å²) in [5, 5.41) is 7.76. The van der Waals surface area contributed by atoms with Crippen LogP contribution in [0.4, 0.5) is 17.6 Å².